The predicted octanol–water partition coefficient (Wildman–Crippen LogP) is 1.94. The molecule has 1 aromatic heterocycles. The second kappa shape index (κ2) is 10.3. The first kappa shape index (κ1) is 25.5. The predicted molar refractivity (Wildman–Crippen MR) is 139 cm³/mol. The molecular weight excluding hydrogens is 486 g/mol. The first-order valence-corrected chi connectivity index (χ1v) is 12.7. The van der Waals surface area contributed by atoms with Crippen LogP contribution in [0.2, 0.25) is 0 Å². The van der Waals surface area contributed by atoms with Crippen LogP contribution in [0.25, 0.3) is 0 Å². The van der Waals surface area contributed by atoms with Crippen molar-refractivity contribution in [1.82, 2.24) is 19.8 Å². The quantitative estimate of drug-likeness (QED) is 0.521. The SMILES string of the molecule is C=CC(=O)N1CC2(CCN(c3nc(OCC4CCCN4C)nc(Oc4cccc(C(N)=O)c4)c3C#N)C2)C1. The van der Waals surface area contributed by atoms with Crippen LogP contribution in [0.15, 0.2) is 36.9 Å². The van der Waals surface area contributed by atoms with Gasteiger partial charge in [0.2, 0.25) is 17.7 Å². The number of nitriles is 1. The number of carbonyl (C=O) groups is 2. The summed E-state index contributed by atoms with van der Waals surface area (Å²) < 4.78 is 12.1. The normalized spacial score (nSPS) is 20.2. The van der Waals surface area contributed by atoms with Gasteiger partial charge in [-0.3, -0.25) is 9.59 Å². The summed E-state index contributed by atoms with van der Waals surface area (Å²) in [6.07, 6.45) is 4.33. The molecule has 4 heterocycles. The van der Waals surface area contributed by atoms with Gasteiger partial charge >= 0.3 is 6.01 Å². The molecule has 38 heavy (non-hydrogen) atoms. The largest absolute Gasteiger partial charge is 0.462 e. The number of hydrogen-bond donors (Lipinski definition) is 1. The molecule has 3 saturated heterocycles. The van der Waals surface area contributed by atoms with Crippen LogP contribution in [0.1, 0.15) is 35.2 Å². The van der Waals surface area contributed by atoms with Gasteiger partial charge in [-0.25, -0.2) is 0 Å². The molecule has 11 nitrogen and oxygen atoms in total. The van der Waals surface area contributed by atoms with Crippen molar-refractivity contribution in [2.75, 3.05) is 51.3 Å². The molecule has 1 aromatic carbocycles. The third kappa shape index (κ3) is 4.99. The Balaban J connectivity index is 1.44. The zero-order valence-corrected chi connectivity index (χ0v) is 21.4. The maximum atomic E-state index is 12.0. The maximum absolute atomic E-state index is 12.0. The number of nitrogens with zero attached hydrogens (tertiary/aromatic N) is 6. The van der Waals surface area contributed by atoms with E-state index >= 15 is 0 Å². The number of anilines is 1. The number of nitrogens with two attached hydrogens (primary N) is 1. The highest BCUT2D eigenvalue weighted by Gasteiger charge is 2.49. The average Bonchev–Trinajstić information content (AvgIpc) is 3.52. The van der Waals surface area contributed by atoms with Gasteiger partial charge in [0.25, 0.3) is 0 Å². The molecule has 0 radical (unpaired) electrons. The molecule has 2 aromatic rings. The highest BCUT2D eigenvalue weighted by molar-refractivity contribution is 5.93. The highest BCUT2D eigenvalue weighted by Crippen LogP contribution is 2.43. The molecule has 0 saturated carbocycles. The number of amides is 2. The van der Waals surface area contributed by atoms with Crippen LogP contribution in [0, 0.1) is 16.7 Å². The fraction of sp³-hybridized carbons (Fsp3) is 0.444. The van der Waals surface area contributed by atoms with Gasteiger partial charge in [0.15, 0.2) is 11.4 Å². The number of likely N-dealkylation sites (N-methyl/N-ethyl adjacent to an activating group) is 1. The van der Waals surface area contributed by atoms with E-state index in [1.54, 1.807) is 23.1 Å². The van der Waals surface area contributed by atoms with Crippen molar-refractivity contribution in [1.29, 1.82) is 5.26 Å². The van der Waals surface area contributed by atoms with Crippen LogP contribution >= 0.6 is 0 Å². The summed E-state index contributed by atoms with van der Waals surface area (Å²) in [5.74, 6) is 0.140. The fourth-order valence-electron chi connectivity index (χ4n) is 5.48. The minimum absolute atomic E-state index is 0.0481. The molecule has 5 rings (SSSR count). The Morgan fingerprint density at radius 3 is 2.79 bits per heavy atom. The van der Waals surface area contributed by atoms with E-state index < -0.39 is 5.91 Å². The second-order valence-electron chi connectivity index (χ2n) is 10.3. The van der Waals surface area contributed by atoms with Crippen molar-refractivity contribution < 1.29 is 19.1 Å². The van der Waals surface area contributed by atoms with E-state index in [2.05, 4.69) is 34.6 Å². The number of ether oxygens (including phenoxy) is 2. The topological polar surface area (TPSA) is 138 Å². The van der Waals surface area contributed by atoms with Crippen molar-refractivity contribution in [3.8, 4) is 23.7 Å². The van der Waals surface area contributed by atoms with Gasteiger partial charge in [-0.15, -0.1) is 0 Å². The van der Waals surface area contributed by atoms with E-state index in [4.69, 9.17) is 15.2 Å². The molecule has 3 aliphatic heterocycles. The smallest absolute Gasteiger partial charge is 0.321 e. The lowest BCUT2D eigenvalue weighted by Crippen LogP contribution is -2.59. The fourth-order valence-corrected chi connectivity index (χ4v) is 5.48. The molecule has 1 atom stereocenters. The number of aromatic nitrogens is 2. The molecule has 1 unspecified atom stereocenters. The summed E-state index contributed by atoms with van der Waals surface area (Å²) in [4.78, 5) is 38.8. The van der Waals surface area contributed by atoms with Gasteiger partial charge in [0.05, 0.1) is 0 Å². The number of benzene rings is 1. The molecule has 3 aliphatic rings. The summed E-state index contributed by atoms with van der Waals surface area (Å²) in [5, 5.41) is 10.1. The summed E-state index contributed by atoms with van der Waals surface area (Å²) in [7, 11) is 2.06. The third-order valence-corrected chi connectivity index (χ3v) is 7.63. The molecule has 198 valence electrons. The molecule has 3 fully saturated rings. The minimum atomic E-state index is -0.587. The van der Waals surface area contributed by atoms with Crippen LogP contribution in [0.4, 0.5) is 5.82 Å². The van der Waals surface area contributed by atoms with Crippen molar-refractivity contribution >= 4 is 17.6 Å². The van der Waals surface area contributed by atoms with Gasteiger partial charge < -0.3 is 29.9 Å². The number of hydrogen-bond acceptors (Lipinski definition) is 9. The van der Waals surface area contributed by atoms with Crippen LogP contribution in [-0.2, 0) is 4.79 Å². The lowest BCUT2D eigenvalue weighted by Gasteiger charge is -2.47. The average molecular weight is 518 g/mol. The Bertz CT molecular complexity index is 1300. The highest BCUT2D eigenvalue weighted by atomic mass is 16.5. The summed E-state index contributed by atoms with van der Waals surface area (Å²) in [6, 6.07) is 8.98. The van der Waals surface area contributed by atoms with E-state index in [1.165, 1.54) is 12.1 Å². The minimum Gasteiger partial charge on any atom is -0.462 e. The standard InChI is InChI=1S/C27H31N7O4/c1-3-22(35)34-16-27(17-34)9-11-33(15-27)24-21(13-28)25(38-20-8-4-6-18(12-20)23(29)36)31-26(30-24)37-14-19-7-5-10-32(19)2/h3-4,6,8,12,19H,1,5,7,9-11,14-17H2,2H3,(H2,29,36). The number of primary amides is 1. The van der Waals surface area contributed by atoms with Crippen molar-refractivity contribution in [3.05, 3.63) is 48.0 Å². The Morgan fingerprint density at radius 2 is 2.11 bits per heavy atom. The molecule has 2 N–H and O–H groups in total. The molecule has 1 spiro atoms. The van der Waals surface area contributed by atoms with Gasteiger partial charge in [-0.1, -0.05) is 12.6 Å². The van der Waals surface area contributed by atoms with Crippen molar-refractivity contribution in [3.63, 3.8) is 0 Å². The zero-order valence-electron chi connectivity index (χ0n) is 21.4. The van der Waals surface area contributed by atoms with Crippen LogP contribution < -0.4 is 20.1 Å². The summed E-state index contributed by atoms with van der Waals surface area (Å²) in [6.45, 7) is 7.59. The molecule has 2 amide bonds. The Morgan fingerprint density at radius 1 is 1.29 bits per heavy atom. The molecular formula is C27H31N7O4. The Hall–Kier alpha value is -4.17. The summed E-state index contributed by atoms with van der Waals surface area (Å²) >= 11 is 0. The molecule has 11 heteroatoms. The Labute approximate surface area is 221 Å². The van der Waals surface area contributed by atoms with E-state index in [0.29, 0.717) is 44.4 Å². The van der Waals surface area contributed by atoms with Crippen LogP contribution in [0.5, 0.6) is 17.6 Å². The monoisotopic (exact) mass is 517 g/mol. The van der Waals surface area contributed by atoms with Crippen molar-refractivity contribution in [2.45, 2.75) is 25.3 Å². The van der Waals surface area contributed by atoms with Gasteiger partial charge in [0.1, 0.15) is 18.4 Å². The first-order valence-electron chi connectivity index (χ1n) is 12.7. The van der Waals surface area contributed by atoms with Gasteiger partial charge in [-0.2, -0.15) is 15.2 Å². The Kier molecular flexibility index (Phi) is 6.91. The molecule has 0 aliphatic carbocycles. The summed E-state index contributed by atoms with van der Waals surface area (Å²) in [5.41, 5.74) is 5.82. The number of carbonyl (C=O) groups excluding carboxylic acids is 2. The molecule has 0 bridgehead atoms. The van der Waals surface area contributed by atoms with Crippen molar-refractivity contribution in [2.24, 2.45) is 11.1 Å². The number of likely N-dealkylation sites (tertiary alicyclic amines) is 2. The van der Waals surface area contributed by atoms with Gasteiger partial charge in [0, 0.05) is 43.2 Å². The van der Waals surface area contributed by atoms with E-state index in [1.807, 2.05) is 4.90 Å². The number of rotatable bonds is 8. The van der Waals surface area contributed by atoms with Gasteiger partial charge in [-0.05, 0) is 57.1 Å². The first-order chi connectivity index (χ1) is 18.3. The maximum Gasteiger partial charge on any atom is 0.321 e. The lowest BCUT2D eigenvalue weighted by atomic mass is 9.79. The van der Waals surface area contributed by atoms with E-state index in [0.717, 1.165) is 25.8 Å². The lowest BCUT2D eigenvalue weighted by molar-refractivity contribution is -0.136. The van der Waals surface area contributed by atoms with Crippen LogP contribution in [-0.4, -0.2) is 84.0 Å². The van der Waals surface area contributed by atoms with E-state index in [-0.39, 0.29) is 40.4 Å². The van der Waals surface area contributed by atoms with Crippen LogP contribution in [0.3, 0.4) is 0 Å². The third-order valence-electron chi connectivity index (χ3n) is 7.63. The zero-order chi connectivity index (χ0) is 26.9. The van der Waals surface area contributed by atoms with E-state index in [9.17, 15) is 14.9 Å². The second-order valence-corrected chi connectivity index (χ2v) is 10.3.